The zero-order valence-electron chi connectivity index (χ0n) is 15.3. The van der Waals surface area contributed by atoms with Gasteiger partial charge < -0.3 is 0 Å². The summed E-state index contributed by atoms with van der Waals surface area (Å²) in [6.45, 7) is 0. The van der Waals surface area contributed by atoms with Gasteiger partial charge in [-0.05, 0) is 0 Å². The van der Waals surface area contributed by atoms with Gasteiger partial charge in [-0.2, -0.15) is 0 Å². The first kappa shape index (κ1) is 26.8. The number of rotatable bonds is 1. The first-order valence-electron chi connectivity index (χ1n) is 7.25. The fourth-order valence-corrected chi connectivity index (χ4v) is 3.07. The van der Waals surface area contributed by atoms with E-state index in [4.69, 9.17) is 51.2 Å². The van der Waals surface area contributed by atoms with Gasteiger partial charge in [0, 0.05) is 0 Å². The molecule has 0 atom stereocenters. The summed E-state index contributed by atoms with van der Waals surface area (Å²) in [5.74, 6) is -1.53. The number of imide groups is 1. The third-order valence-electron chi connectivity index (χ3n) is 3.00. The number of fused-ring (bicyclic) bond motifs is 1. The Morgan fingerprint density at radius 3 is 1.37 bits per heavy atom. The minimum absolute atomic E-state index is 0.0931. The standard InChI is InChI=1S/C13H12Cl4N3O3.F6P/c1-18(2)13(19(3)4)23-20-11(21)5-6(12(20)22)8(15)10(17)9(16)7(5)14;1-7(2,3,4,5)6/h1-4H3;/q+1;-1. The van der Waals surface area contributed by atoms with E-state index in [9.17, 15) is 34.8 Å². The number of carbonyl (C=O) groups excluding carboxylic acids is 2. The van der Waals surface area contributed by atoms with Crippen LogP contribution in [0.25, 0.3) is 0 Å². The summed E-state index contributed by atoms with van der Waals surface area (Å²) in [5.41, 5.74) is -0.263. The molecule has 1 aromatic rings. The van der Waals surface area contributed by atoms with E-state index in [2.05, 4.69) is 0 Å². The van der Waals surface area contributed by atoms with Crippen LogP contribution in [0.1, 0.15) is 20.7 Å². The number of hydrogen-bond donors (Lipinski definition) is 0. The van der Waals surface area contributed by atoms with Crippen molar-refractivity contribution in [3.05, 3.63) is 31.2 Å². The average Bonchev–Trinajstić information content (AvgIpc) is 2.76. The van der Waals surface area contributed by atoms with Gasteiger partial charge in [-0.1, -0.05) is 51.5 Å². The van der Waals surface area contributed by atoms with E-state index in [1.807, 2.05) is 0 Å². The molecule has 2 amide bonds. The van der Waals surface area contributed by atoms with Crippen LogP contribution in [0, 0.1) is 0 Å². The van der Waals surface area contributed by atoms with Gasteiger partial charge in [0.15, 0.2) is 0 Å². The molecule has 1 aromatic carbocycles. The normalized spacial score (nSPS) is 15.6. The maximum atomic E-state index is 12.5. The molecule has 2 rings (SSSR count). The molecule has 1 aliphatic rings. The number of hydrogen-bond acceptors (Lipinski definition) is 3. The number of nitrogens with zero attached hydrogens (tertiary/aromatic N) is 3. The van der Waals surface area contributed by atoms with Gasteiger partial charge in [0.25, 0.3) is 11.8 Å². The third-order valence-corrected chi connectivity index (χ3v) is 4.80. The fraction of sp³-hybridized carbons (Fsp3) is 0.308. The van der Waals surface area contributed by atoms with E-state index in [0.29, 0.717) is 5.06 Å². The van der Waals surface area contributed by atoms with Gasteiger partial charge in [0.2, 0.25) is 0 Å². The number of benzene rings is 1. The predicted octanol–water partition coefficient (Wildman–Crippen LogP) is 6.40. The molecule has 1 aliphatic heterocycles. The van der Waals surface area contributed by atoms with Crippen LogP contribution in [0.5, 0.6) is 0 Å². The van der Waals surface area contributed by atoms with Gasteiger partial charge >= 0.3 is 39.0 Å². The van der Waals surface area contributed by atoms with Gasteiger partial charge in [-0.15, -0.1) is 0 Å². The van der Waals surface area contributed by atoms with Crippen molar-refractivity contribution in [2.45, 2.75) is 0 Å². The van der Waals surface area contributed by atoms with Gasteiger partial charge in [0.05, 0.1) is 59.4 Å². The first-order chi connectivity index (χ1) is 13.0. The van der Waals surface area contributed by atoms with Crippen LogP contribution in [0.15, 0.2) is 0 Å². The van der Waals surface area contributed by atoms with Gasteiger partial charge in [-0.3, -0.25) is 14.4 Å². The van der Waals surface area contributed by atoms with E-state index in [1.165, 1.54) is 0 Å². The summed E-state index contributed by atoms with van der Waals surface area (Å²) in [7, 11) is -3.87. The predicted molar refractivity (Wildman–Crippen MR) is 102 cm³/mol. The molecule has 17 heteroatoms. The summed E-state index contributed by atoms with van der Waals surface area (Å²) < 4.78 is 60.8. The molecule has 0 aliphatic carbocycles. The average molecular weight is 545 g/mol. The first-order valence-corrected chi connectivity index (χ1v) is 10.8. The molecule has 0 spiro atoms. The van der Waals surface area contributed by atoms with Crippen LogP contribution < -0.4 is 0 Å². The quantitative estimate of drug-likeness (QED) is 0.0600. The van der Waals surface area contributed by atoms with Crippen LogP contribution >= 0.6 is 54.2 Å². The Kier molecular flexibility index (Phi) is 6.92. The van der Waals surface area contributed by atoms with E-state index in [1.54, 1.807) is 37.7 Å². The Hall–Kier alpha value is -1.20. The van der Waals surface area contributed by atoms with Crippen molar-refractivity contribution in [1.29, 1.82) is 0 Å². The van der Waals surface area contributed by atoms with Gasteiger partial charge in [0.1, 0.15) is 0 Å². The minimum atomic E-state index is -10.7. The van der Waals surface area contributed by atoms with Crippen LogP contribution in [0.2, 0.25) is 20.1 Å². The molecule has 0 saturated heterocycles. The monoisotopic (exact) mass is 543 g/mol. The molecular weight excluding hydrogens is 533 g/mol. The molecule has 0 fully saturated rings. The fourth-order valence-electron chi connectivity index (χ4n) is 2.06. The number of halogens is 10. The van der Waals surface area contributed by atoms with Crippen LogP contribution in [-0.4, -0.2) is 60.6 Å². The van der Waals surface area contributed by atoms with Crippen molar-refractivity contribution in [3.8, 4) is 0 Å². The third kappa shape index (κ3) is 6.91. The number of hydroxylamine groups is 2. The summed E-state index contributed by atoms with van der Waals surface area (Å²) in [6, 6.07) is 0.254. The van der Waals surface area contributed by atoms with Crippen LogP contribution in [-0.2, 0) is 4.84 Å². The number of amidine groups is 1. The second kappa shape index (κ2) is 7.74. The Labute approximate surface area is 185 Å². The van der Waals surface area contributed by atoms with E-state index < -0.39 is 19.6 Å². The Morgan fingerprint density at radius 2 is 1.13 bits per heavy atom. The summed E-state index contributed by atoms with van der Waals surface area (Å²) in [6.07, 6.45) is 0. The van der Waals surface area contributed by atoms with Crippen molar-refractivity contribution in [2.75, 3.05) is 28.2 Å². The summed E-state index contributed by atoms with van der Waals surface area (Å²) >= 11 is 24.0. The summed E-state index contributed by atoms with van der Waals surface area (Å²) in [5, 5.41) is 0.104. The molecule has 0 radical (unpaired) electrons. The Morgan fingerprint density at radius 1 is 0.833 bits per heavy atom. The van der Waals surface area contributed by atoms with E-state index in [0.717, 1.165) is 0 Å². The van der Waals surface area contributed by atoms with Crippen molar-refractivity contribution in [3.63, 3.8) is 0 Å². The second-order valence-electron chi connectivity index (χ2n) is 6.03. The van der Waals surface area contributed by atoms with Crippen molar-refractivity contribution in [2.24, 2.45) is 0 Å². The number of carbonyl (C=O) groups is 2. The zero-order valence-corrected chi connectivity index (χ0v) is 19.2. The second-order valence-corrected chi connectivity index (χ2v) is 9.46. The molecule has 30 heavy (non-hydrogen) atoms. The van der Waals surface area contributed by atoms with Crippen molar-refractivity contribution in [1.82, 2.24) is 9.96 Å². The molecule has 1 heterocycles. The molecule has 172 valence electrons. The molecule has 0 unspecified atom stereocenters. The Bertz CT molecular complexity index is 907. The molecule has 0 bridgehead atoms. The van der Waals surface area contributed by atoms with Crippen molar-refractivity contribution < 1.29 is 44.2 Å². The van der Waals surface area contributed by atoms with E-state index in [-0.39, 0.29) is 37.2 Å². The van der Waals surface area contributed by atoms with Gasteiger partial charge in [-0.25, -0.2) is 9.48 Å². The Balaban J connectivity index is 0.000000553. The molecular formula is C13H12Cl4F6N3O3P. The zero-order chi connectivity index (χ0) is 24.0. The molecule has 0 aromatic heterocycles. The SMILES string of the molecule is CN(C)C(ON1C(=O)c2c(Cl)c(Cl)c(Cl)c(Cl)c2C1=O)=[N+](C)C.F[P-](F)(F)(F)(F)F. The van der Waals surface area contributed by atoms with Crippen LogP contribution in [0.3, 0.4) is 0 Å². The molecule has 0 N–H and O–H groups in total. The van der Waals surface area contributed by atoms with Crippen molar-refractivity contribution >= 4 is 72.0 Å². The topological polar surface area (TPSA) is 52.9 Å². The molecule has 0 saturated carbocycles. The van der Waals surface area contributed by atoms with E-state index >= 15 is 0 Å². The number of amides is 2. The maximum absolute atomic E-state index is 12.5. The summed E-state index contributed by atoms with van der Waals surface area (Å²) in [4.78, 5) is 32.0. The van der Waals surface area contributed by atoms with Crippen LogP contribution in [0.4, 0.5) is 25.2 Å². The molecule has 6 nitrogen and oxygen atoms in total.